The maximum Gasteiger partial charge on any atom is 0.0635 e. The average Bonchev–Trinajstić information content (AvgIpc) is 2.45. The molecule has 0 unspecified atom stereocenters. The summed E-state index contributed by atoms with van der Waals surface area (Å²) in [6, 6.07) is 2.17. The molecule has 17 heavy (non-hydrogen) atoms. The van der Waals surface area contributed by atoms with E-state index < -0.39 is 0 Å². The molecular weight excluding hydrogens is 208 g/mol. The lowest BCUT2D eigenvalue weighted by molar-refractivity contribution is 0.800. The largest absolute Gasteiger partial charge is 0.384 e. The summed E-state index contributed by atoms with van der Waals surface area (Å²) in [7, 11) is 0. The monoisotopic (exact) mass is 238 g/mol. The van der Waals surface area contributed by atoms with Gasteiger partial charge >= 0.3 is 0 Å². The van der Waals surface area contributed by atoms with E-state index in [1.54, 1.807) is 0 Å². The van der Waals surface area contributed by atoms with Crippen molar-refractivity contribution in [2.75, 3.05) is 11.9 Å². The second-order valence-corrected chi connectivity index (χ2v) is 3.04. The van der Waals surface area contributed by atoms with E-state index >= 15 is 0 Å². The molecular formula is C15H30N2. The average molecular weight is 238 g/mol. The molecule has 0 fully saturated rings. The van der Waals surface area contributed by atoms with E-state index in [-0.39, 0.29) is 0 Å². The summed E-state index contributed by atoms with van der Waals surface area (Å²) in [5, 5.41) is 3.34. The van der Waals surface area contributed by atoms with Gasteiger partial charge in [0.2, 0.25) is 0 Å². The number of aromatic nitrogens is 1. The summed E-state index contributed by atoms with van der Waals surface area (Å²) in [6.07, 6.45) is 4.28. The molecule has 0 bridgehead atoms. The van der Waals surface area contributed by atoms with E-state index in [1.165, 1.54) is 23.4 Å². The summed E-state index contributed by atoms with van der Waals surface area (Å²) in [5.41, 5.74) is 3.69. The molecule has 0 spiro atoms. The van der Waals surface area contributed by atoms with Crippen molar-refractivity contribution >= 4 is 5.69 Å². The van der Waals surface area contributed by atoms with Crippen LogP contribution < -0.4 is 5.32 Å². The van der Waals surface area contributed by atoms with Gasteiger partial charge in [-0.2, -0.15) is 0 Å². The van der Waals surface area contributed by atoms with Gasteiger partial charge in [-0.1, -0.05) is 41.5 Å². The first-order valence-corrected chi connectivity index (χ1v) is 7.05. The number of rotatable bonds is 0. The minimum absolute atomic E-state index is 1.10. The molecule has 0 aromatic carbocycles. The minimum Gasteiger partial charge on any atom is -0.384 e. The van der Waals surface area contributed by atoms with Crippen LogP contribution in [0.4, 0.5) is 5.69 Å². The van der Waals surface area contributed by atoms with E-state index in [1.807, 2.05) is 47.7 Å². The van der Waals surface area contributed by atoms with Crippen molar-refractivity contribution < 1.29 is 0 Å². The summed E-state index contributed by atoms with van der Waals surface area (Å²) in [4.78, 5) is 4.36. The summed E-state index contributed by atoms with van der Waals surface area (Å²) >= 11 is 0. The van der Waals surface area contributed by atoms with Gasteiger partial charge in [-0.25, -0.2) is 0 Å². The van der Waals surface area contributed by atoms with Crippen molar-refractivity contribution in [1.82, 2.24) is 4.98 Å². The van der Waals surface area contributed by atoms with Gasteiger partial charge in [-0.15, -0.1) is 0 Å². The number of fused-ring (bicyclic) bond motifs is 1. The minimum atomic E-state index is 1.10. The zero-order chi connectivity index (χ0) is 13.7. The second kappa shape index (κ2) is 13.0. The zero-order valence-electron chi connectivity index (χ0n) is 12.7. The van der Waals surface area contributed by atoms with Crippen molar-refractivity contribution in [3.8, 4) is 0 Å². The number of pyridine rings is 1. The smallest absolute Gasteiger partial charge is 0.0635 e. The van der Waals surface area contributed by atoms with Crippen molar-refractivity contribution in [3.63, 3.8) is 0 Å². The normalized spacial score (nSPS) is 11.0. The first-order chi connectivity index (χ1) is 8.36. The van der Waals surface area contributed by atoms with Crippen LogP contribution in [0.3, 0.4) is 0 Å². The van der Waals surface area contributed by atoms with Crippen LogP contribution in [0.25, 0.3) is 0 Å². The highest BCUT2D eigenvalue weighted by Gasteiger charge is 2.08. The summed E-state index contributed by atoms with van der Waals surface area (Å²) < 4.78 is 0. The quantitative estimate of drug-likeness (QED) is 0.700. The maximum atomic E-state index is 4.36. The van der Waals surface area contributed by atoms with Crippen molar-refractivity contribution in [1.29, 1.82) is 0 Å². The van der Waals surface area contributed by atoms with Crippen LogP contribution in [0.1, 0.15) is 59.2 Å². The lowest BCUT2D eigenvalue weighted by Gasteiger charge is -2.16. The van der Waals surface area contributed by atoms with Crippen LogP contribution in [0.15, 0.2) is 12.3 Å². The Labute approximate surface area is 108 Å². The predicted octanol–water partition coefficient (Wildman–Crippen LogP) is 4.83. The molecule has 1 aliphatic rings. The highest BCUT2D eigenvalue weighted by molar-refractivity contribution is 5.50. The van der Waals surface area contributed by atoms with Gasteiger partial charge in [0.25, 0.3) is 0 Å². The van der Waals surface area contributed by atoms with Gasteiger partial charge < -0.3 is 5.32 Å². The molecule has 1 aromatic rings. The van der Waals surface area contributed by atoms with Crippen molar-refractivity contribution in [3.05, 3.63) is 23.5 Å². The fraction of sp³-hybridized carbons (Fsp3) is 0.667. The standard InChI is InChI=1S/C9H12N2.3C2H6/c1-7-5-9-8(11-6-7)3-2-4-10-9;3*1-2/h5-6,10H,2-4H2,1H3;3*1-2H3. The number of nitrogens with zero attached hydrogens (tertiary/aromatic N) is 1. The second-order valence-electron chi connectivity index (χ2n) is 3.04. The van der Waals surface area contributed by atoms with E-state index in [2.05, 4.69) is 23.3 Å². The Kier molecular flexibility index (Phi) is 14.0. The molecule has 2 heteroatoms. The third-order valence-electron chi connectivity index (χ3n) is 2.01. The number of anilines is 1. The topological polar surface area (TPSA) is 24.9 Å². The van der Waals surface area contributed by atoms with Crippen LogP contribution >= 0.6 is 0 Å². The zero-order valence-corrected chi connectivity index (χ0v) is 12.7. The van der Waals surface area contributed by atoms with E-state index in [9.17, 15) is 0 Å². The molecule has 1 aromatic heterocycles. The molecule has 100 valence electrons. The Morgan fingerprint density at radius 2 is 1.65 bits per heavy atom. The van der Waals surface area contributed by atoms with Gasteiger partial charge in [0, 0.05) is 12.7 Å². The molecule has 0 aliphatic carbocycles. The van der Waals surface area contributed by atoms with Crippen LogP contribution in [0.5, 0.6) is 0 Å². The fourth-order valence-corrected chi connectivity index (χ4v) is 1.43. The molecule has 2 heterocycles. The Morgan fingerprint density at radius 3 is 2.24 bits per heavy atom. The van der Waals surface area contributed by atoms with Gasteiger partial charge in [0.1, 0.15) is 0 Å². The molecule has 1 aliphatic heterocycles. The molecule has 0 saturated carbocycles. The lowest BCUT2D eigenvalue weighted by atomic mass is 10.1. The predicted molar refractivity (Wildman–Crippen MR) is 79.8 cm³/mol. The number of nitrogens with one attached hydrogen (secondary N) is 1. The molecule has 0 saturated heterocycles. The molecule has 0 atom stereocenters. The van der Waals surface area contributed by atoms with Crippen molar-refractivity contribution in [2.24, 2.45) is 0 Å². The maximum absolute atomic E-state index is 4.36. The Hall–Kier alpha value is -1.05. The summed E-state index contributed by atoms with van der Waals surface area (Å²) in [5.74, 6) is 0. The number of hydrogen-bond acceptors (Lipinski definition) is 2. The van der Waals surface area contributed by atoms with Crippen molar-refractivity contribution in [2.45, 2.75) is 61.3 Å². The third kappa shape index (κ3) is 6.98. The molecule has 0 radical (unpaired) electrons. The highest BCUT2D eigenvalue weighted by atomic mass is 14.9. The van der Waals surface area contributed by atoms with Gasteiger partial charge in [0.15, 0.2) is 0 Å². The number of hydrogen-bond donors (Lipinski definition) is 1. The summed E-state index contributed by atoms with van der Waals surface area (Å²) in [6.45, 7) is 15.2. The Bertz CT molecular complexity index is 270. The lowest BCUT2D eigenvalue weighted by Crippen LogP contribution is -2.12. The highest BCUT2D eigenvalue weighted by Crippen LogP contribution is 2.19. The molecule has 2 nitrogen and oxygen atoms in total. The van der Waals surface area contributed by atoms with Crippen LogP contribution in [-0.2, 0) is 6.42 Å². The van der Waals surface area contributed by atoms with E-state index in [0.29, 0.717) is 0 Å². The molecule has 1 N–H and O–H groups in total. The fourth-order valence-electron chi connectivity index (χ4n) is 1.43. The third-order valence-corrected chi connectivity index (χ3v) is 2.01. The van der Waals surface area contributed by atoms with E-state index in [0.717, 1.165) is 13.0 Å². The number of aryl methyl sites for hydroxylation is 2. The van der Waals surface area contributed by atoms with Gasteiger partial charge in [0.05, 0.1) is 11.4 Å². The van der Waals surface area contributed by atoms with Crippen LogP contribution in [0.2, 0.25) is 0 Å². The first kappa shape index (κ1) is 18.3. The molecule has 2 rings (SSSR count). The van der Waals surface area contributed by atoms with Gasteiger partial charge in [-0.3, -0.25) is 4.98 Å². The SMILES string of the molecule is CC.CC.CC.Cc1cnc2c(c1)NCCC2. The first-order valence-electron chi connectivity index (χ1n) is 7.05. The Balaban J connectivity index is 0. The van der Waals surface area contributed by atoms with E-state index in [4.69, 9.17) is 0 Å². The van der Waals surface area contributed by atoms with Gasteiger partial charge in [-0.05, 0) is 31.4 Å². The Morgan fingerprint density at radius 1 is 1.06 bits per heavy atom. The van der Waals surface area contributed by atoms with Crippen LogP contribution in [-0.4, -0.2) is 11.5 Å². The molecule has 0 amide bonds. The van der Waals surface area contributed by atoms with Crippen LogP contribution in [0, 0.1) is 6.92 Å².